The molecule has 1 unspecified atom stereocenters. The maximum atomic E-state index is 11.8. The van der Waals surface area contributed by atoms with Crippen LogP contribution in [0.3, 0.4) is 0 Å². The van der Waals surface area contributed by atoms with E-state index in [1.165, 1.54) is 11.5 Å². The van der Waals surface area contributed by atoms with Gasteiger partial charge in [-0.05, 0) is 42.9 Å². The Morgan fingerprint density at radius 3 is 3.05 bits per heavy atom. The third-order valence-electron chi connectivity index (χ3n) is 4.41. The SMILES string of the molecule is CCCC1(C(=O)O)CCCN(c2snc3ccccc23)C1. The van der Waals surface area contributed by atoms with Gasteiger partial charge in [-0.15, -0.1) is 0 Å². The Labute approximate surface area is 128 Å². The Morgan fingerprint density at radius 1 is 1.48 bits per heavy atom. The molecule has 1 aromatic carbocycles. The largest absolute Gasteiger partial charge is 0.481 e. The normalized spacial score (nSPS) is 22.6. The minimum atomic E-state index is -0.650. The van der Waals surface area contributed by atoms with Gasteiger partial charge in [-0.25, -0.2) is 0 Å². The summed E-state index contributed by atoms with van der Waals surface area (Å²) in [7, 11) is 0. The highest BCUT2D eigenvalue weighted by Gasteiger charge is 2.42. The summed E-state index contributed by atoms with van der Waals surface area (Å²) in [5, 5.41) is 12.0. The lowest BCUT2D eigenvalue weighted by molar-refractivity contribution is -0.150. The van der Waals surface area contributed by atoms with Crippen molar-refractivity contribution in [2.75, 3.05) is 18.0 Å². The molecule has 2 heterocycles. The minimum Gasteiger partial charge on any atom is -0.481 e. The highest BCUT2D eigenvalue weighted by atomic mass is 32.1. The number of aromatic nitrogens is 1. The summed E-state index contributed by atoms with van der Waals surface area (Å²) < 4.78 is 4.49. The van der Waals surface area contributed by atoms with E-state index in [1.54, 1.807) is 0 Å². The summed E-state index contributed by atoms with van der Waals surface area (Å²) >= 11 is 1.48. The van der Waals surface area contributed by atoms with Crippen molar-refractivity contribution < 1.29 is 9.90 Å². The van der Waals surface area contributed by atoms with Gasteiger partial charge in [0.15, 0.2) is 0 Å². The van der Waals surface area contributed by atoms with Crippen LogP contribution in [0.5, 0.6) is 0 Å². The first-order valence-corrected chi connectivity index (χ1v) is 8.26. The Hall–Kier alpha value is -1.62. The van der Waals surface area contributed by atoms with Gasteiger partial charge in [-0.1, -0.05) is 25.5 Å². The lowest BCUT2D eigenvalue weighted by Gasteiger charge is -2.40. The number of carboxylic acids is 1. The molecule has 5 heteroatoms. The molecule has 21 heavy (non-hydrogen) atoms. The summed E-state index contributed by atoms with van der Waals surface area (Å²) in [6.45, 7) is 3.58. The van der Waals surface area contributed by atoms with Crippen molar-refractivity contribution in [1.82, 2.24) is 4.37 Å². The molecule has 1 N–H and O–H groups in total. The van der Waals surface area contributed by atoms with Crippen molar-refractivity contribution in [2.45, 2.75) is 32.6 Å². The van der Waals surface area contributed by atoms with Crippen LogP contribution in [-0.2, 0) is 4.79 Å². The number of fused-ring (bicyclic) bond motifs is 1. The summed E-state index contributed by atoms with van der Waals surface area (Å²) in [6, 6.07) is 8.09. The third kappa shape index (κ3) is 2.50. The molecule has 1 aliphatic heterocycles. The quantitative estimate of drug-likeness (QED) is 0.934. The fourth-order valence-electron chi connectivity index (χ4n) is 3.37. The number of piperidine rings is 1. The lowest BCUT2D eigenvalue weighted by Crippen LogP contribution is -2.47. The molecule has 1 atom stereocenters. The summed E-state index contributed by atoms with van der Waals surface area (Å²) in [4.78, 5) is 14.0. The number of benzene rings is 1. The first-order valence-electron chi connectivity index (χ1n) is 7.49. The number of aliphatic carboxylic acids is 1. The van der Waals surface area contributed by atoms with Gasteiger partial charge in [0.1, 0.15) is 5.00 Å². The highest BCUT2D eigenvalue weighted by Crippen LogP contribution is 2.40. The number of carbonyl (C=O) groups is 1. The van der Waals surface area contributed by atoms with Gasteiger partial charge >= 0.3 is 5.97 Å². The second-order valence-electron chi connectivity index (χ2n) is 5.87. The number of hydrogen-bond acceptors (Lipinski definition) is 4. The van der Waals surface area contributed by atoms with E-state index in [2.05, 4.69) is 22.3 Å². The van der Waals surface area contributed by atoms with E-state index in [9.17, 15) is 9.90 Å². The van der Waals surface area contributed by atoms with Gasteiger partial charge in [0, 0.05) is 18.5 Å². The van der Waals surface area contributed by atoms with Gasteiger partial charge in [-0.2, -0.15) is 4.37 Å². The Bertz CT molecular complexity index is 651. The topological polar surface area (TPSA) is 53.4 Å². The molecule has 4 nitrogen and oxygen atoms in total. The van der Waals surface area contributed by atoms with Gasteiger partial charge in [0.25, 0.3) is 0 Å². The summed E-state index contributed by atoms with van der Waals surface area (Å²) in [5.41, 5.74) is 0.400. The molecule has 1 aliphatic rings. The van der Waals surface area contributed by atoms with Crippen LogP contribution in [0.1, 0.15) is 32.6 Å². The van der Waals surface area contributed by atoms with Gasteiger partial charge in [0.2, 0.25) is 0 Å². The second-order valence-corrected chi connectivity index (χ2v) is 6.62. The number of rotatable bonds is 4. The zero-order chi connectivity index (χ0) is 14.9. The number of carboxylic acid groups (broad SMARTS) is 1. The van der Waals surface area contributed by atoms with Crippen molar-refractivity contribution in [2.24, 2.45) is 5.41 Å². The molecule has 0 amide bonds. The van der Waals surface area contributed by atoms with E-state index in [1.807, 2.05) is 18.2 Å². The Balaban J connectivity index is 1.94. The first-order chi connectivity index (χ1) is 10.2. The number of anilines is 1. The maximum absolute atomic E-state index is 11.8. The molecule has 2 aromatic rings. The van der Waals surface area contributed by atoms with Crippen LogP contribution < -0.4 is 4.90 Å². The van der Waals surface area contributed by atoms with Crippen molar-refractivity contribution >= 4 is 33.4 Å². The van der Waals surface area contributed by atoms with Crippen molar-refractivity contribution in [3.63, 3.8) is 0 Å². The van der Waals surface area contributed by atoms with E-state index in [0.29, 0.717) is 6.54 Å². The average molecular weight is 304 g/mol. The fourth-order valence-corrected chi connectivity index (χ4v) is 4.26. The zero-order valence-corrected chi connectivity index (χ0v) is 13.0. The molecule has 0 spiro atoms. The molecule has 0 aliphatic carbocycles. The van der Waals surface area contributed by atoms with Crippen LogP contribution in [0.4, 0.5) is 5.00 Å². The van der Waals surface area contributed by atoms with Crippen molar-refractivity contribution in [1.29, 1.82) is 0 Å². The van der Waals surface area contributed by atoms with E-state index in [4.69, 9.17) is 0 Å². The minimum absolute atomic E-state index is 0.599. The molecule has 1 saturated heterocycles. The molecule has 112 valence electrons. The van der Waals surface area contributed by atoms with E-state index < -0.39 is 11.4 Å². The third-order valence-corrected chi connectivity index (χ3v) is 5.35. The molecular weight excluding hydrogens is 284 g/mol. The molecule has 0 saturated carbocycles. The van der Waals surface area contributed by atoms with Gasteiger partial charge in [-0.3, -0.25) is 4.79 Å². The fraction of sp³-hybridized carbons (Fsp3) is 0.500. The lowest BCUT2D eigenvalue weighted by atomic mass is 9.76. The van der Waals surface area contributed by atoms with Crippen LogP contribution >= 0.6 is 11.5 Å². The smallest absolute Gasteiger partial charge is 0.311 e. The summed E-state index contributed by atoms with van der Waals surface area (Å²) in [5.74, 6) is -0.650. The van der Waals surface area contributed by atoms with Crippen LogP contribution in [0, 0.1) is 5.41 Å². The average Bonchev–Trinajstić information content (AvgIpc) is 2.91. The molecule has 0 bridgehead atoms. The monoisotopic (exact) mass is 304 g/mol. The van der Waals surface area contributed by atoms with Crippen LogP contribution in [0.2, 0.25) is 0 Å². The molecule has 0 radical (unpaired) electrons. The zero-order valence-electron chi connectivity index (χ0n) is 12.2. The summed E-state index contributed by atoms with van der Waals surface area (Å²) in [6.07, 6.45) is 3.36. The van der Waals surface area contributed by atoms with Crippen LogP contribution in [0.25, 0.3) is 10.9 Å². The Kier molecular flexibility index (Phi) is 3.85. The molecule has 1 fully saturated rings. The number of nitrogens with zero attached hydrogens (tertiary/aromatic N) is 2. The predicted octanol–water partition coefficient (Wildman–Crippen LogP) is 3.77. The van der Waals surface area contributed by atoms with Crippen molar-refractivity contribution in [3.05, 3.63) is 24.3 Å². The molecular formula is C16H20N2O2S. The second kappa shape index (κ2) is 5.64. The van der Waals surface area contributed by atoms with E-state index >= 15 is 0 Å². The Morgan fingerprint density at radius 2 is 2.29 bits per heavy atom. The van der Waals surface area contributed by atoms with Crippen LogP contribution in [0.15, 0.2) is 24.3 Å². The predicted molar refractivity (Wildman–Crippen MR) is 86.0 cm³/mol. The van der Waals surface area contributed by atoms with Gasteiger partial charge in [0.05, 0.1) is 10.9 Å². The van der Waals surface area contributed by atoms with Crippen molar-refractivity contribution in [3.8, 4) is 0 Å². The maximum Gasteiger partial charge on any atom is 0.311 e. The molecule has 3 rings (SSSR count). The van der Waals surface area contributed by atoms with E-state index in [-0.39, 0.29) is 0 Å². The van der Waals surface area contributed by atoms with Gasteiger partial charge < -0.3 is 10.0 Å². The number of hydrogen-bond donors (Lipinski definition) is 1. The molecule has 1 aromatic heterocycles. The standard InChI is InChI=1S/C16H20N2O2S/c1-2-8-16(15(19)20)9-5-10-18(11-16)14-12-6-3-4-7-13(12)17-21-14/h3-4,6-7H,2,5,8-11H2,1H3,(H,19,20). The first kappa shape index (κ1) is 14.3. The highest BCUT2D eigenvalue weighted by molar-refractivity contribution is 7.11. The van der Waals surface area contributed by atoms with E-state index in [0.717, 1.165) is 48.1 Å². The van der Waals surface area contributed by atoms with Crippen LogP contribution in [-0.4, -0.2) is 28.5 Å².